The van der Waals surface area contributed by atoms with E-state index in [-0.39, 0.29) is 5.75 Å². The molecule has 0 spiro atoms. The van der Waals surface area contributed by atoms with Crippen LogP contribution in [-0.2, 0) is 15.8 Å². The summed E-state index contributed by atoms with van der Waals surface area (Å²) in [6.45, 7) is 0.871. The van der Waals surface area contributed by atoms with E-state index in [1.165, 1.54) is 0 Å². The van der Waals surface area contributed by atoms with Crippen molar-refractivity contribution in [3.63, 3.8) is 0 Å². The molecular weight excluding hydrogens is 273 g/mol. The summed E-state index contributed by atoms with van der Waals surface area (Å²) in [5.74, 6) is -0.0953. The highest BCUT2D eigenvalue weighted by Gasteiger charge is 2.17. The fraction of sp³-hybridized carbons (Fsp3) is 0.143. The molecule has 2 rings (SSSR count). The highest BCUT2D eigenvalue weighted by Crippen LogP contribution is 2.11. The molecule has 2 aromatic rings. The van der Waals surface area contributed by atoms with Gasteiger partial charge in [-0.2, -0.15) is 0 Å². The van der Waals surface area contributed by atoms with Crippen LogP contribution in [0.25, 0.3) is 0 Å². The molecule has 0 bridgehead atoms. The molecule has 0 aliphatic carbocycles. The van der Waals surface area contributed by atoms with Gasteiger partial charge in [0, 0.05) is 5.69 Å². The van der Waals surface area contributed by atoms with Gasteiger partial charge in [0.1, 0.15) is 0 Å². The number of hydrogen-bond acceptors (Lipinski definition) is 3. The van der Waals surface area contributed by atoms with E-state index in [1.807, 2.05) is 6.07 Å². The molecule has 0 aliphatic heterocycles. The molecule has 0 saturated heterocycles. The summed E-state index contributed by atoms with van der Waals surface area (Å²) < 4.78 is 26.8. The van der Waals surface area contributed by atoms with Crippen LogP contribution in [0.4, 0.5) is 5.69 Å². The van der Waals surface area contributed by atoms with Crippen LogP contribution in [-0.4, -0.2) is 20.4 Å². The fourth-order valence-corrected chi connectivity index (χ4v) is 3.18. The van der Waals surface area contributed by atoms with Crippen molar-refractivity contribution in [2.75, 3.05) is 4.72 Å². The average Bonchev–Trinajstić information content (AvgIpc) is 2.39. The third kappa shape index (κ3) is 3.85. The van der Waals surface area contributed by atoms with Gasteiger partial charge in [0.05, 0.1) is 5.75 Å². The minimum absolute atomic E-state index is 0.0953. The summed E-state index contributed by atoms with van der Waals surface area (Å²) in [6, 6.07) is 15.8. The van der Waals surface area contributed by atoms with Gasteiger partial charge >= 0.3 is 6.92 Å². The van der Waals surface area contributed by atoms with Crippen molar-refractivity contribution >= 4 is 28.1 Å². The molecule has 0 fully saturated rings. The Bertz CT molecular complexity index is 672. The summed E-state index contributed by atoms with van der Waals surface area (Å²) in [5.41, 5.74) is 1.69. The maximum atomic E-state index is 12.2. The van der Waals surface area contributed by atoms with Crippen molar-refractivity contribution in [1.82, 2.24) is 0 Å². The molecular formula is C14H16BNO3S. The van der Waals surface area contributed by atoms with E-state index in [1.54, 1.807) is 55.4 Å². The molecule has 0 aliphatic rings. The minimum Gasteiger partial charge on any atom is -0.446 e. The lowest BCUT2D eigenvalue weighted by molar-refractivity contribution is 0.594. The molecule has 2 N–H and O–H groups in total. The molecule has 0 atom stereocenters. The van der Waals surface area contributed by atoms with Gasteiger partial charge in [-0.1, -0.05) is 55.4 Å². The van der Waals surface area contributed by atoms with Gasteiger partial charge in [-0.25, -0.2) is 8.42 Å². The monoisotopic (exact) mass is 289 g/mol. The standard InChI is InChI=1S/C14H16BNO3S/c1-15(17)13-9-5-6-10-14(13)16-20(18,19)11-12-7-3-2-4-8-12/h2-10,16-17H,11H2,1H3. The first-order valence-corrected chi connectivity index (χ1v) is 7.94. The normalized spacial score (nSPS) is 11.1. The van der Waals surface area contributed by atoms with Gasteiger partial charge in [0.15, 0.2) is 0 Å². The van der Waals surface area contributed by atoms with Gasteiger partial charge in [-0.3, -0.25) is 4.72 Å². The predicted molar refractivity (Wildman–Crippen MR) is 82.6 cm³/mol. The van der Waals surface area contributed by atoms with Crippen LogP contribution < -0.4 is 10.2 Å². The summed E-state index contributed by atoms with van der Waals surface area (Å²) >= 11 is 0. The minimum atomic E-state index is -3.50. The maximum absolute atomic E-state index is 12.2. The smallest absolute Gasteiger partial charge is 0.322 e. The molecule has 6 heteroatoms. The van der Waals surface area contributed by atoms with E-state index in [9.17, 15) is 13.4 Å². The third-order valence-electron chi connectivity index (χ3n) is 2.88. The molecule has 104 valence electrons. The molecule has 0 unspecified atom stereocenters. The van der Waals surface area contributed by atoms with Crippen LogP contribution >= 0.6 is 0 Å². The number of para-hydroxylation sites is 1. The molecule has 2 aromatic carbocycles. The first kappa shape index (κ1) is 14.6. The van der Waals surface area contributed by atoms with E-state index < -0.39 is 16.9 Å². The van der Waals surface area contributed by atoms with Crippen molar-refractivity contribution in [3.05, 3.63) is 60.2 Å². The number of benzene rings is 2. The number of hydrogen-bond donors (Lipinski definition) is 2. The fourth-order valence-electron chi connectivity index (χ4n) is 1.95. The molecule has 0 saturated carbocycles. The first-order valence-electron chi connectivity index (χ1n) is 6.29. The van der Waals surface area contributed by atoms with Crippen molar-refractivity contribution < 1.29 is 13.4 Å². The second-order valence-electron chi connectivity index (χ2n) is 4.61. The Morgan fingerprint density at radius 1 is 1.05 bits per heavy atom. The van der Waals surface area contributed by atoms with Crippen LogP contribution in [0.15, 0.2) is 54.6 Å². The topological polar surface area (TPSA) is 66.4 Å². The molecule has 0 heterocycles. The largest absolute Gasteiger partial charge is 0.446 e. The highest BCUT2D eigenvalue weighted by atomic mass is 32.2. The summed E-state index contributed by atoms with van der Waals surface area (Å²) in [5, 5.41) is 9.66. The Morgan fingerprint density at radius 3 is 2.30 bits per heavy atom. The summed E-state index contributed by atoms with van der Waals surface area (Å²) in [4.78, 5) is 0. The third-order valence-corrected chi connectivity index (χ3v) is 4.12. The Hall–Kier alpha value is -1.79. The molecule has 0 amide bonds. The Morgan fingerprint density at radius 2 is 1.65 bits per heavy atom. The highest BCUT2D eigenvalue weighted by molar-refractivity contribution is 7.91. The molecule has 0 radical (unpaired) electrons. The van der Waals surface area contributed by atoms with Gasteiger partial charge < -0.3 is 5.02 Å². The lowest BCUT2D eigenvalue weighted by atomic mass is 9.64. The zero-order chi connectivity index (χ0) is 14.6. The second-order valence-corrected chi connectivity index (χ2v) is 6.33. The van der Waals surface area contributed by atoms with Crippen molar-refractivity contribution in [3.8, 4) is 0 Å². The SMILES string of the molecule is CB(O)c1ccccc1NS(=O)(=O)Cc1ccccc1. The maximum Gasteiger partial charge on any atom is 0.322 e. The molecule has 0 aromatic heterocycles. The number of sulfonamides is 1. The Labute approximate surface area is 119 Å². The molecule has 4 nitrogen and oxygen atoms in total. The second kappa shape index (κ2) is 6.11. The van der Waals surface area contributed by atoms with Crippen LogP contribution in [0.5, 0.6) is 0 Å². The van der Waals surface area contributed by atoms with Gasteiger partial charge in [-0.15, -0.1) is 0 Å². The van der Waals surface area contributed by atoms with Crippen LogP contribution in [0, 0.1) is 0 Å². The van der Waals surface area contributed by atoms with Crippen molar-refractivity contribution in [2.45, 2.75) is 12.6 Å². The number of rotatable bonds is 5. The average molecular weight is 289 g/mol. The van der Waals surface area contributed by atoms with Crippen molar-refractivity contribution in [1.29, 1.82) is 0 Å². The van der Waals surface area contributed by atoms with Gasteiger partial charge in [-0.05, 0) is 17.1 Å². The van der Waals surface area contributed by atoms with Gasteiger partial charge in [0.25, 0.3) is 0 Å². The van der Waals surface area contributed by atoms with E-state index in [2.05, 4.69) is 4.72 Å². The Kier molecular flexibility index (Phi) is 4.47. The molecule has 20 heavy (non-hydrogen) atoms. The van der Waals surface area contributed by atoms with Crippen LogP contribution in [0.1, 0.15) is 5.56 Å². The van der Waals surface area contributed by atoms with E-state index >= 15 is 0 Å². The zero-order valence-electron chi connectivity index (χ0n) is 11.2. The zero-order valence-corrected chi connectivity index (χ0v) is 12.0. The quantitative estimate of drug-likeness (QED) is 0.819. The summed E-state index contributed by atoms with van der Waals surface area (Å²) in [6.07, 6.45) is 0. The van der Waals surface area contributed by atoms with E-state index in [0.717, 1.165) is 5.56 Å². The first-order chi connectivity index (χ1) is 9.48. The van der Waals surface area contributed by atoms with Gasteiger partial charge in [0.2, 0.25) is 10.0 Å². The number of nitrogens with one attached hydrogen (secondary N) is 1. The van der Waals surface area contributed by atoms with Crippen molar-refractivity contribution in [2.24, 2.45) is 0 Å². The lowest BCUT2D eigenvalue weighted by Gasteiger charge is -2.13. The van der Waals surface area contributed by atoms with Crippen LogP contribution in [0.3, 0.4) is 0 Å². The Balaban J connectivity index is 2.21. The van der Waals surface area contributed by atoms with E-state index in [4.69, 9.17) is 0 Å². The van der Waals surface area contributed by atoms with Crippen LogP contribution in [0.2, 0.25) is 6.82 Å². The number of anilines is 1. The lowest BCUT2D eigenvalue weighted by Crippen LogP contribution is -2.31. The predicted octanol–water partition coefficient (Wildman–Crippen LogP) is 1.45. The summed E-state index contributed by atoms with van der Waals surface area (Å²) in [7, 11) is -3.50. The van der Waals surface area contributed by atoms with E-state index in [0.29, 0.717) is 11.2 Å².